The number of nitrogens with one attached hydrogen (secondary N) is 1. The number of amides is 1. The van der Waals surface area contributed by atoms with Crippen LogP contribution in [0.3, 0.4) is 0 Å². The Hall–Kier alpha value is -1.10. The van der Waals surface area contributed by atoms with Crippen molar-refractivity contribution < 1.29 is 14.7 Å². The first kappa shape index (κ1) is 13.9. The van der Waals surface area contributed by atoms with Crippen LogP contribution in [0.15, 0.2) is 0 Å². The summed E-state index contributed by atoms with van der Waals surface area (Å²) in [5.41, 5.74) is 5.58. The zero-order valence-electron chi connectivity index (χ0n) is 9.32. The number of carboxylic acid groups (broad SMARTS) is 1. The Morgan fingerprint density at radius 1 is 1.40 bits per heavy atom. The summed E-state index contributed by atoms with van der Waals surface area (Å²) in [4.78, 5) is 21.8. The van der Waals surface area contributed by atoms with Crippen molar-refractivity contribution in [3.8, 4) is 0 Å². The van der Waals surface area contributed by atoms with E-state index in [-0.39, 0.29) is 5.91 Å². The van der Waals surface area contributed by atoms with Crippen LogP contribution in [0, 0.1) is 5.92 Å². The lowest BCUT2D eigenvalue weighted by Crippen LogP contribution is -2.41. The molecule has 0 spiro atoms. The van der Waals surface area contributed by atoms with Gasteiger partial charge in [-0.15, -0.1) is 0 Å². The molecule has 15 heavy (non-hydrogen) atoms. The fraction of sp³-hybridized carbons (Fsp3) is 0.800. The molecule has 0 aliphatic carbocycles. The first-order chi connectivity index (χ1) is 6.99. The van der Waals surface area contributed by atoms with Crippen LogP contribution in [0.2, 0.25) is 0 Å². The van der Waals surface area contributed by atoms with Crippen LogP contribution in [-0.4, -0.2) is 29.6 Å². The molecule has 0 fully saturated rings. The quantitative estimate of drug-likeness (QED) is 0.572. The Balaban J connectivity index is 3.67. The van der Waals surface area contributed by atoms with E-state index < -0.39 is 17.9 Å². The van der Waals surface area contributed by atoms with Gasteiger partial charge in [-0.25, -0.2) is 0 Å². The Bertz CT molecular complexity index is 219. The fourth-order valence-corrected chi connectivity index (χ4v) is 1.11. The van der Waals surface area contributed by atoms with E-state index in [1.807, 2.05) is 6.92 Å². The van der Waals surface area contributed by atoms with E-state index in [2.05, 4.69) is 5.32 Å². The largest absolute Gasteiger partial charge is 0.481 e. The van der Waals surface area contributed by atoms with E-state index >= 15 is 0 Å². The molecular formula is C10H20N2O3. The van der Waals surface area contributed by atoms with Gasteiger partial charge in [-0.05, 0) is 12.8 Å². The topological polar surface area (TPSA) is 92.4 Å². The van der Waals surface area contributed by atoms with Crippen LogP contribution in [0.5, 0.6) is 0 Å². The summed E-state index contributed by atoms with van der Waals surface area (Å²) in [6.45, 7) is 3.93. The monoisotopic (exact) mass is 216 g/mol. The molecule has 1 amide bonds. The minimum atomic E-state index is -0.845. The van der Waals surface area contributed by atoms with E-state index in [0.717, 1.165) is 6.42 Å². The molecule has 0 aliphatic heterocycles. The number of aliphatic carboxylic acids is 1. The molecule has 0 aromatic carbocycles. The number of carboxylic acids is 1. The minimum Gasteiger partial charge on any atom is -0.481 e. The average Bonchev–Trinajstić information content (AvgIpc) is 2.17. The van der Waals surface area contributed by atoms with Gasteiger partial charge in [0.05, 0.1) is 12.0 Å². The highest BCUT2D eigenvalue weighted by molar-refractivity contribution is 5.81. The molecule has 0 radical (unpaired) electrons. The van der Waals surface area contributed by atoms with Gasteiger partial charge in [0, 0.05) is 6.54 Å². The number of carbonyl (C=O) groups excluding carboxylic acids is 1. The molecule has 0 aromatic heterocycles. The molecule has 2 atom stereocenters. The van der Waals surface area contributed by atoms with Gasteiger partial charge in [-0.2, -0.15) is 0 Å². The molecule has 0 aliphatic rings. The van der Waals surface area contributed by atoms with Crippen LogP contribution in [0.4, 0.5) is 0 Å². The van der Waals surface area contributed by atoms with Crippen molar-refractivity contribution in [1.82, 2.24) is 5.32 Å². The number of rotatable bonds is 7. The highest BCUT2D eigenvalue weighted by atomic mass is 16.4. The van der Waals surface area contributed by atoms with Gasteiger partial charge in [0.1, 0.15) is 0 Å². The Kier molecular flexibility index (Phi) is 6.70. The van der Waals surface area contributed by atoms with E-state index in [1.165, 1.54) is 0 Å². The number of hydrogen-bond acceptors (Lipinski definition) is 3. The lowest BCUT2D eigenvalue weighted by molar-refractivity contribution is -0.141. The smallest absolute Gasteiger partial charge is 0.306 e. The van der Waals surface area contributed by atoms with Gasteiger partial charge in [-0.3, -0.25) is 9.59 Å². The van der Waals surface area contributed by atoms with Crippen LogP contribution >= 0.6 is 0 Å². The summed E-state index contributed by atoms with van der Waals surface area (Å²) < 4.78 is 0. The SMILES string of the molecule is CCC[C@@H](N)C(=O)NCCC(C)C(=O)O. The normalized spacial score (nSPS) is 14.3. The second-order valence-corrected chi connectivity index (χ2v) is 3.71. The molecule has 0 saturated heterocycles. The zero-order valence-corrected chi connectivity index (χ0v) is 9.32. The number of carbonyl (C=O) groups is 2. The van der Waals surface area contributed by atoms with Crippen LogP contribution in [0.1, 0.15) is 33.1 Å². The number of hydrogen-bond donors (Lipinski definition) is 3. The highest BCUT2D eigenvalue weighted by Crippen LogP contribution is 2.00. The summed E-state index contributed by atoms with van der Waals surface area (Å²) >= 11 is 0. The maximum Gasteiger partial charge on any atom is 0.306 e. The van der Waals surface area contributed by atoms with Crippen molar-refractivity contribution in [2.45, 2.75) is 39.2 Å². The van der Waals surface area contributed by atoms with Gasteiger partial charge < -0.3 is 16.2 Å². The van der Waals surface area contributed by atoms with Gasteiger partial charge >= 0.3 is 5.97 Å². The van der Waals surface area contributed by atoms with E-state index in [4.69, 9.17) is 10.8 Å². The van der Waals surface area contributed by atoms with Crippen molar-refractivity contribution in [2.75, 3.05) is 6.54 Å². The summed E-state index contributed by atoms with van der Waals surface area (Å²) in [6.07, 6.45) is 1.94. The van der Waals surface area contributed by atoms with Crippen molar-refractivity contribution in [2.24, 2.45) is 11.7 Å². The Labute approximate surface area is 90.0 Å². The molecule has 4 N–H and O–H groups in total. The van der Waals surface area contributed by atoms with Crippen molar-refractivity contribution >= 4 is 11.9 Å². The minimum absolute atomic E-state index is 0.200. The van der Waals surface area contributed by atoms with Gasteiger partial charge in [0.25, 0.3) is 0 Å². The first-order valence-corrected chi connectivity index (χ1v) is 5.25. The summed E-state index contributed by atoms with van der Waals surface area (Å²) in [5, 5.41) is 11.2. The van der Waals surface area contributed by atoms with Crippen LogP contribution in [-0.2, 0) is 9.59 Å². The third kappa shape index (κ3) is 6.06. The van der Waals surface area contributed by atoms with E-state index in [0.29, 0.717) is 19.4 Å². The Morgan fingerprint density at radius 3 is 2.47 bits per heavy atom. The molecular weight excluding hydrogens is 196 g/mol. The lowest BCUT2D eigenvalue weighted by Gasteiger charge is -2.12. The summed E-state index contributed by atoms with van der Waals surface area (Å²) in [5.74, 6) is -1.48. The number of nitrogens with two attached hydrogens (primary N) is 1. The molecule has 1 unspecified atom stereocenters. The molecule has 0 aromatic rings. The van der Waals surface area contributed by atoms with Gasteiger partial charge in [0.2, 0.25) is 5.91 Å². The zero-order chi connectivity index (χ0) is 11.8. The molecule has 0 bridgehead atoms. The third-order valence-corrected chi connectivity index (χ3v) is 2.23. The van der Waals surface area contributed by atoms with Gasteiger partial charge in [0.15, 0.2) is 0 Å². The third-order valence-electron chi connectivity index (χ3n) is 2.23. The lowest BCUT2D eigenvalue weighted by atomic mass is 10.1. The van der Waals surface area contributed by atoms with E-state index in [1.54, 1.807) is 6.92 Å². The second kappa shape index (κ2) is 7.23. The van der Waals surface area contributed by atoms with Crippen molar-refractivity contribution in [3.05, 3.63) is 0 Å². The molecule has 0 saturated carbocycles. The second-order valence-electron chi connectivity index (χ2n) is 3.71. The molecule has 0 rings (SSSR count). The molecule has 0 heterocycles. The molecule has 5 heteroatoms. The van der Waals surface area contributed by atoms with Crippen LogP contribution < -0.4 is 11.1 Å². The average molecular weight is 216 g/mol. The van der Waals surface area contributed by atoms with Crippen molar-refractivity contribution in [1.29, 1.82) is 0 Å². The standard InChI is InChI=1S/C10H20N2O3/c1-3-4-8(11)9(13)12-6-5-7(2)10(14)15/h7-8H,3-6,11H2,1-2H3,(H,12,13)(H,14,15)/t7?,8-/m1/s1. The first-order valence-electron chi connectivity index (χ1n) is 5.25. The highest BCUT2D eigenvalue weighted by Gasteiger charge is 2.14. The summed E-state index contributed by atoms with van der Waals surface area (Å²) in [7, 11) is 0. The molecule has 88 valence electrons. The maximum absolute atomic E-state index is 11.3. The molecule has 5 nitrogen and oxygen atoms in total. The van der Waals surface area contributed by atoms with Gasteiger partial charge in [-0.1, -0.05) is 20.3 Å². The maximum atomic E-state index is 11.3. The fourth-order valence-electron chi connectivity index (χ4n) is 1.11. The predicted octanol–water partition coefficient (Wildman–Crippen LogP) is 0.341. The van der Waals surface area contributed by atoms with Crippen molar-refractivity contribution in [3.63, 3.8) is 0 Å². The Morgan fingerprint density at radius 2 is 2.00 bits per heavy atom. The summed E-state index contributed by atoms with van der Waals surface area (Å²) in [6, 6.07) is -0.477. The van der Waals surface area contributed by atoms with E-state index in [9.17, 15) is 9.59 Å². The van der Waals surface area contributed by atoms with Crippen LogP contribution in [0.25, 0.3) is 0 Å². The predicted molar refractivity (Wildman–Crippen MR) is 57.3 cm³/mol.